The number of carbonyl (C=O) groups is 1. The molecule has 1 aromatic heterocycles. The second kappa shape index (κ2) is 4.89. The molecule has 0 spiro atoms. The van der Waals surface area contributed by atoms with Gasteiger partial charge in [0.15, 0.2) is 11.6 Å². The fraction of sp³-hybridized carbons (Fsp3) is 0.400. The van der Waals surface area contributed by atoms with E-state index in [0.29, 0.717) is 0 Å². The van der Waals surface area contributed by atoms with Gasteiger partial charge in [0.25, 0.3) is 0 Å². The average Bonchev–Trinajstić information content (AvgIpc) is 2.27. The molecule has 6 heteroatoms. The summed E-state index contributed by atoms with van der Waals surface area (Å²) in [4.78, 5) is 15.9. The number of nitrogens with zero attached hydrogens (tertiary/aromatic N) is 2. The number of aliphatic hydroxyl groups excluding tert-OH is 1. The number of halogens is 1. The topological polar surface area (TPSA) is 73.7 Å². The van der Waals surface area contributed by atoms with Gasteiger partial charge < -0.3 is 15.1 Å². The molecule has 0 amide bonds. The van der Waals surface area contributed by atoms with Gasteiger partial charge in [-0.1, -0.05) is 0 Å². The summed E-state index contributed by atoms with van der Waals surface area (Å²) in [7, 11) is 1.54. The van der Waals surface area contributed by atoms with Crippen molar-refractivity contribution in [3.05, 3.63) is 23.6 Å². The minimum atomic E-state index is -1.34. The first kappa shape index (κ1) is 12.4. The van der Waals surface area contributed by atoms with E-state index in [-0.39, 0.29) is 18.5 Å². The van der Waals surface area contributed by atoms with Crippen LogP contribution >= 0.6 is 0 Å². The van der Waals surface area contributed by atoms with Gasteiger partial charge in [-0.3, -0.25) is 0 Å². The van der Waals surface area contributed by atoms with Crippen molar-refractivity contribution in [2.45, 2.75) is 13.0 Å². The Kier molecular flexibility index (Phi) is 3.78. The van der Waals surface area contributed by atoms with Gasteiger partial charge in [0, 0.05) is 13.2 Å². The molecule has 0 bridgehead atoms. The summed E-state index contributed by atoms with van der Waals surface area (Å²) in [5.74, 6) is -2.31. The van der Waals surface area contributed by atoms with Crippen molar-refractivity contribution in [3.63, 3.8) is 0 Å². The van der Waals surface area contributed by atoms with Crippen molar-refractivity contribution in [1.29, 1.82) is 0 Å². The molecule has 0 fully saturated rings. The fourth-order valence-corrected chi connectivity index (χ4v) is 1.17. The molecule has 16 heavy (non-hydrogen) atoms. The van der Waals surface area contributed by atoms with Crippen LogP contribution in [0.5, 0.6) is 0 Å². The van der Waals surface area contributed by atoms with Crippen LogP contribution in [0.4, 0.5) is 10.2 Å². The van der Waals surface area contributed by atoms with Gasteiger partial charge in [-0.15, -0.1) is 0 Å². The number of hydrogen-bond acceptors (Lipinski definition) is 4. The quantitative estimate of drug-likeness (QED) is 0.795. The molecule has 2 N–H and O–H groups in total. The van der Waals surface area contributed by atoms with Crippen LogP contribution in [0, 0.1) is 5.82 Å². The van der Waals surface area contributed by atoms with Gasteiger partial charge >= 0.3 is 5.97 Å². The minimum absolute atomic E-state index is 0.0820. The van der Waals surface area contributed by atoms with E-state index in [2.05, 4.69) is 4.98 Å². The Labute approximate surface area is 92.2 Å². The molecule has 1 aromatic rings. The Bertz CT molecular complexity index is 398. The van der Waals surface area contributed by atoms with Crippen LogP contribution in [0.3, 0.4) is 0 Å². The van der Waals surface area contributed by atoms with Crippen molar-refractivity contribution >= 4 is 11.8 Å². The number of carboxylic acids is 1. The first-order valence-corrected chi connectivity index (χ1v) is 4.70. The summed E-state index contributed by atoms with van der Waals surface area (Å²) in [6.07, 6.45) is 1.22. The SMILES string of the molecule is CC(CO)N(C)c1nccc(C(=O)O)c1F. The van der Waals surface area contributed by atoms with Crippen molar-refractivity contribution in [2.75, 3.05) is 18.6 Å². The third kappa shape index (κ3) is 2.27. The number of aromatic nitrogens is 1. The van der Waals surface area contributed by atoms with Crippen LogP contribution < -0.4 is 4.90 Å². The number of aliphatic hydroxyl groups is 1. The number of rotatable bonds is 4. The molecule has 0 aliphatic rings. The molecule has 1 atom stereocenters. The lowest BCUT2D eigenvalue weighted by Gasteiger charge is -2.24. The molecule has 0 radical (unpaired) electrons. The molecular weight excluding hydrogens is 215 g/mol. The second-order valence-electron chi connectivity index (χ2n) is 3.44. The van der Waals surface area contributed by atoms with E-state index in [1.54, 1.807) is 6.92 Å². The van der Waals surface area contributed by atoms with Crippen LogP contribution in [-0.4, -0.2) is 40.9 Å². The van der Waals surface area contributed by atoms with Crippen LogP contribution in [-0.2, 0) is 0 Å². The lowest BCUT2D eigenvalue weighted by atomic mass is 10.2. The fourth-order valence-electron chi connectivity index (χ4n) is 1.17. The summed E-state index contributed by atoms with van der Waals surface area (Å²) in [6, 6.07) is 0.754. The van der Waals surface area contributed by atoms with Gasteiger partial charge in [-0.05, 0) is 13.0 Å². The summed E-state index contributed by atoms with van der Waals surface area (Å²) in [6.45, 7) is 1.50. The maximum Gasteiger partial charge on any atom is 0.338 e. The van der Waals surface area contributed by atoms with E-state index in [4.69, 9.17) is 10.2 Å². The van der Waals surface area contributed by atoms with E-state index in [0.717, 1.165) is 6.07 Å². The lowest BCUT2D eigenvalue weighted by molar-refractivity contribution is 0.0691. The normalized spacial score (nSPS) is 12.2. The zero-order valence-corrected chi connectivity index (χ0v) is 9.01. The predicted molar refractivity (Wildman–Crippen MR) is 56.1 cm³/mol. The van der Waals surface area contributed by atoms with Crippen molar-refractivity contribution in [2.24, 2.45) is 0 Å². The standard InChI is InChI=1S/C10H13FN2O3/c1-6(5-14)13(2)9-8(11)7(10(15)16)3-4-12-9/h3-4,6,14H,5H2,1-2H3,(H,15,16). The van der Waals surface area contributed by atoms with Crippen LogP contribution in [0.1, 0.15) is 17.3 Å². The van der Waals surface area contributed by atoms with E-state index in [1.807, 2.05) is 0 Å². The first-order chi connectivity index (χ1) is 7.49. The lowest BCUT2D eigenvalue weighted by Crippen LogP contribution is -2.33. The maximum absolute atomic E-state index is 13.7. The first-order valence-electron chi connectivity index (χ1n) is 4.70. The molecule has 1 rings (SSSR count). The summed E-state index contributed by atoms with van der Waals surface area (Å²) in [5, 5.41) is 17.7. The number of carboxylic acid groups (broad SMARTS) is 1. The number of likely N-dealkylation sites (N-methyl/N-ethyl adjacent to an activating group) is 1. The third-order valence-electron chi connectivity index (χ3n) is 2.36. The van der Waals surface area contributed by atoms with Gasteiger partial charge in [0.2, 0.25) is 0 Å². The Morgan fingerprint density at radius 3 is 2.81 bits per heavy atom. The van der Waals surface area contributed by atoms with E-state index < -0.39 is 17.3 Å². The monoisotopic (exact) mass is 228 g/mol. The van der Waals surface area contributed by atoms with Gasteiger partial charge in [-0.25, -0.2) is 14.2 Å². The Morgan fingerprint density at radius 2 is 2.31 bits per heavy atom. The molecule has 1 unspecified atom stereocenters. The molecular formula is C10H13FN2O3. The number of aromatic carboxylic acids is 1. The zero-order valence-electron chi connectivity index (χ0n) is 9.01. The van der Waals surface area contributed by atoms with Crippen molar-refractivity contribution < 1.29 is 19.4 Å². The molecule has 5 nitrogen and oxygen atoms in total. The summed E-state index contributed by atoms with van der Waals surface area (Å²) < 4.78 is 13.7. The molecule has 0 aliphatic heterocycles. The zero-order chi connectivity index (χ0) is 12.3. The summed E-state index contributed by atoms with van der Waals surface area (Å²) in [5.41, 5.74) is -0.429. The van der Waals surface area contributed by atoms with Gasteiger partial charge in [-0.2, -0.15) is 0 Å². The van der Waals surface area contributed by atoms with Crippen LogP contribution in [0.15, 0.2) is 12.3 Å². The highest BCUT2D eigenvalue weighted by atomic mass is 19.1. The molecule has 88 valence electrons. The number of hydrogen-bond donors (Lipinski definition) is 2. The van der Waals surface area contributed by atoms with Gasteiger partial charge in [0.05, 0.1) is 12.6 Å². The van der Waals surface area contributed by atoms with E-state index in [1.165, 1.54) is 18.1 Å². The smallest absolute Gasteiger partial charge is 0.338 e. The molecule has 0 aromatic carbocycles. The Hall–Kier alpha value is -1.69. The van der Waals surface area contributed by atoms with Gasteiger partial charge in [0.1, 0.15) is 5.56 Å². The molecule has 0 saturated carbocycles. The maximum atomic E-state index is 13.7. The Morgan fingerprint density at radius 1 is 1.69 bits per heavy atom. The largest absolute Gasteiger partial charge is 0.478 e. The predicted octanol–water partition coefficient (Wildman–Crippen LogP) is 0.736. The van der Waals surface area contributed by atoms with E-state index in [9.17, 15) is 9.18 Å². The van der Waals surface area contributed by atoms with Crippen molar-refractivity contribution in [3.8, 4) is 0 Å². The molecule has 0 saturated heterocycles. The number of pyridine rings is 1. The van der Waals surface area contributed by atoms with Crippen LogP contribution in [0.2, 0.25) is 0 Å². The minimum Gasteiger partial charge on any atom is -0.478 e. The number of anilines is 1. The highest BCUT2D eigenvalue weighted by Crippen LogP contribution is 2.19. The van der Waals surface area contributed by atoms with Crippen molar-refractivity contribution in [1.82, 2.24) is 4.98 Å². The highest BCUT2D eigenvalue weighted by Gasteiger charge is 2.20. The Balaban J connectivity index is 3.15. The second-order valence-corrected chi connectivity index (χ2v) is 3.44. The van der Waals surface area contributed by atoms with Crippen LogP contribution in [0.25, 0.3) is 0 Å². The third-order valence-corrected chi connectivity index (χ3v) is 2.36. The highest BCUT2D eigenvalue weighted by molar-refractivity contribution is 5.88. The molecule has 1 heterocycles. The summed E-state index contributed by atoms with van der Waals surface area (Å²) >= 11 is 0. The molecule has 0 aliphatic carbocycles. The average molecular weight is 228 g/mol. The van der Waals surface area contributed by atoms with E-state index >= 15 is 0 Å².